The quantitative estimate of drug-likeness (QED) is 0.918. The summed E-state index contributed by atoms with van der Waals surface area (Å²) in [5.41, 5.74) is 3.43. The average Bonchev–Trinajstić information content (AvgIpc) is 2.83. The Bertz CT molecular complexity index is 577. The number of hydrogen-bond acceptors (Lipinski definition) is 3. The van der Waals surface area contributed by atoms with Gasteiger partial charge in [0.2, 0.25) is 0 Å². The maximum Gasteiger partial charge on any atom is 0.0837 e. The third-order valence-corrected chi connectivity index (χ3v) is 3.76. The minimum atomic E-state index is 0.0188. The lowest BCUT2D eigenvalue weighted by atomic mass is 9.98. The van der Waals surface area contributed by atoms with Gasteiger partial charge in [0.15, 0.2) is 0 Å². The van der Waals surface area contributed by atoms with Gasteiger partial charge in [-0.15, -0.1) is 0 Å². The molecule has 2 aromatic rings. The van der Waals surface area contributed by atoms with Crippen LogP contribution in [-0.4, -0.2) is 21.8 Å². The molecule has 0 saturated heterocycles. The Morgan fingerprint density at radius 2 is 2.10 bits per heavy atom. The third kappa shape index (κ3) is 2.72. The van der Waals surface area contributed by atoms with E-state index in [-0.39, 0.29) is 12.1 Å². The largest absolute Gasteiger partial charge is 0.308 e. The highest BCUT2D eigenvalue weighted by Crippen LogP contribution is 2.31. The first-order valence-corrected chi connectivity index (χ1v) is 7.30. The molecule has 0 amide bonds. The van der Waals surface area contributed by atoms with E-state index in [9.17, 15) is 0 Å². The second-order valence-electron chi connectivity index (χ2n) is 5.07. The fourth-order valence-corrected chi connectivity index (χ4v) is 2.73. The number of aromatic nitrogens is 3. The average molecular weight is 293 g/mol. The predicted molar refractivity (Wildman–Crippen MR) is 82.1 cm³/mol. The zero-order valence-electron chi connectivity index (χ0n) is 12.4. The summed E-state index contributed by atoms with van der Waals surface area (Å²) >= 11 is 6.37. The Hall–Kier alpha value is -1.39. The van der Waals surface area contributed by atoms with Crippen molar-refractivity contribution in [3.8, 4) is 0 Å². The molecule has 0 fully saturated rings. The highest BCUT2D eigenvalue weighted by molar-refractivity contribution is 6.31. The van der Waals surface area contributed by atoms with Crippen molar-refractivity contribution in [3.05, 3.63) is 46.5 Å². The van der Waals surface area contributed by atoms with Crippen LogP contribution in [0.15, 0.2) is 24.7 Å². The van der Waals surface area contributed by atoms with Crippen LogP contribution >= 0.6 is 11.6 Å². The first-order valence-electron chi connectivity index (χ1n) is 6.93. The Balaban J connectivity index is 2.55. The van der Waals surface area contributed by atoms with E-state index < -0.39 is 0 Å². The van der Waals surface area contributed by atoms with Crippen molar-refractivity contribution in [2.75, 3.05) is 7.05 Å². The number of halogens is 1. The summed E-state index contributed by atoms with van der Waals surface area (Å²) in [6.07, 6.45) is 6.40. The molecule has 2 rings (SSSR count). The molecule has 5 heteroatoms. The Kier molecular flexibility index (Phi) is 4.78. The maximum atomic E-state index is 6.37. The van der Waals surface area contributed by atoms with Crippen LogP contribution in [0.3, 0.4) is 0 Å². The molecule has 1 N–H and O–H groups in total. The summed E-state index contributed by atoms with van der Waals surface area (Å²) in [5, 5.41) is 8.44. The van der Waals surface area contributed by atoms with E-state index in [1.54, 1.807) is 6.20 Å². The normalized spacial score (nSPS) is 12.9. The van der Waals surface area contributed by atoms with Crippen molar-refractivity contribution in [2.24, 2.45) is 0 Å². The van der Waals surface area contributed by atoms with Crippen LogP contribution < -0.4 is 5.32 Å². The Morgan fingerprint density at radius 1 is 1.35 bits per heavy atom. The molecule has 0 saturated carbocycles. The van der Waals surface area contributed by atoms with Gasteiger partial charge in [-0.3, -0.25) is 9.67 Å². The minimum Gasteiger partial charge on any atom is -0.308 e. The maximum absolute atomic E-state index is 6.37. The summed E-state index contributed by atoms with van der Waals surface area (Å²) in [5.74, 6) is 0. The molecule has 20 heavy (non-hydrogen) atoms. The van der Waals surface area contributed by atoms with E-state index in [0.717, 1.165) is 12.1 Å². The molecule has 0 aromatic carbocycles. The molecular weight excluding hydrogens is 272 g/mol. The van der Waals surface area contributed by atoms with Crippen LogP contribution in [0, 0.1) is 0 Å². The zero-order chi connectivity index (χ0) is 14.7. The van der Waals surface area contributed by atoms with Crippen LogP contribution in [0.1, 0.15) is 49.7 Å². The second kappa shape index (κ2) is 6.37. The Labute approximate surface area is 125 Å². The lowest BCUT2D eigenvalue weighted by molar-refractivity contribution is 0.483. The van der Waals surface area contributed by atoms with Crippen LogP contribution in [0.25, 0.3) is 0 Å². The molecule has 0 aliphatic carbocycles. The molecular formula is C15H21ClN4. The van der Waals surface area contributed by atoms with E-state index >= 15 is 0 Å². The van der Waals surface area contributed by atoms with Crippen LogP contribution in [0.2, 0.25) is 5.02 Å². The van der Waals surface area contributed by atoms with Gasteiger partial charge in [0.05, 0.1) is 23.0 Å². The second-order valence-corrected chi connectivity index (χ2v) is 5.47. The van der Waals surface area contributed by atoms with Crippen molar-refractivity contribution in [1.82, 2.24) is 20.1 Å². The van der Waals surface area contributed by atoms with Gasteiger partial charge in [-0.25, -0.2) is 0 Å². The lowest BCUT2D eigenvalue weighted by Gasteiger charge is -2.22. The van der Waals surface area contributed by atoms with E-state index in [4.69, 9.17) is 11.6 Å². The highest BCUT2D eigenvalue weighted by atomic mass is 35.5. The number of pyridine rings is 1. The van der Waals surface area contributed by atoms with Crippen LogP contribution in [0.4, 0.5) is 0 Å². The minimum absolute atomic E-state index is 0.0188. The van der Waals surface area contributed by atoms with Gasteiger partial charge in [0, 0.05) is 18.4 Å². The first-order chi connectivity index (χ1) is 9.60. The molecule has 1 unspecified atom stereocenters. The predicted octanol–water partition coefficient (Wildman–Crippen LogP) is 3.38. The molecule has 2 heterocycles. The molecule has 0 bridgehead atoms. The molecule has 0 radical (unpaired) electrons. The summed E-state index contributed by atoms with van der Waals surface area (Å²) < 4.78 is 1.98. The number of rotatable bonds is 5. The van der Waals surface area contributed by atoms with Gasteiger partial charge in [0.1, 0.15) is 0 Å². The molecule has 4 nitrogen and oxygen atoms in total. The Morgan fingerprint density at radius 3 is 2.70 bits per heavy atom. The van der Waals surface area contributed by atoms with Crippen molar-refractivity contribution >= 4 is 11.6 Å². The molecule has 0 aliphatic heterocycles. The molecule has 0 aliphatic rings. The number of nitrogens with one attached hydrogen (secondary N) is 1. The summed E-state index contributed by atoms with van der Waals surface area (Å²) in [4.78, 5) is 4.21. The van der Waals surface area contributed by atoms with Gasteiger partial charge < -0.3 is 5.32 Å². The van der Waals surface area contributed by atoms with Crippen molar-refractivity contribution < 1.29 is 0 Å². The molecule has 2 aromatic heterocycles. The topological polar surface area (TPSA) is 42.7 Å². The standard InChI is InChI=1S/C15H21ClN4/c1-5-11-8-18-7-6-12(11)14(17-4)15-13(16)9-19-20(15)10(2)3/h6-10,14,17H,5H2,1-4H3. The van der Waals surface area contributed by atoms with E-state index in [2.05, 4.69) is 36.2 Å². The van der Waals surface area contributed by atoms with Gasteiger partial charge in [-0.2, -0.15) is 5.10 Å². The summed E-state index contributed by atoms with van der Waals surface area (Å²) in [6, 6.07) is 2.33. The van der Waals surface area contributed by atoms with Crippen LogP contribution in [0.5, 0.6) is 0 Å². The lowest BCUT2D eigenvalue weighted by Crippen LogP contribution is -2.24. The fraction of sp³-hybridized carbons (Fsp3) is 0.467. The molecule has 1 atom stereocenters. The van der Waals surface area contributed by atoms with E-state index in [1.807, 2.05) is 30.2 Å². The van der Waals surface area contributed by atoms with Crippen molar-refractivity contribution in [3.63, 3.8) is 0 Å². The van der Waals surface area contributed by atoms with Crippen LogP contribution in [-0.2, 0) is 6.42 Å². The van der Waals surface area contributed by atoms with Crippen molar-refractivity contribution in [1.29, 1.82) is 0 Å². The third-order valence-electron chi connectivity index (χ3n) is 3.47. The number of nitrogens with zero attached hydrogens (tertiary/aromatic N) is 3. The van der Waals surface area contributed by atoms with Crippen molar-refractivity contribution in [2.45, 2.75) is 39.3 Å². The van der Waals surface area contributed by atoms with E-state index in [1.165, 1.54) is 11.1 Å². The number of aryl methyl sites for hydroxylation is 1. The monoisotopic (exact) mass is 292 g/mol. The summed E-state index contributed by atoms with van der Waals surface area (Å²) in [7, 11) is 1.94. The number of hydrogen-bond donors (Lipinski definition) is 1. The van der Waals surface area contributed by atoms with Gasteiger partial charge in [-0.1, -0.05) is 18.5 Å². The van der Waals surface area contributed by atoms with E-state index in [0.29, 0.717) is 5.02 Å². The molecule has 108 valence electrons. The van der Waals surface area contributed by atoms with Gasteiger partial charge in [0.25, 0.3) is 0 Å². The summed E-state index contributed by atoms with van der Waals surface area (Å²) in [6.45, 7) is 6.34. The molecule has 0 spiro atoms. The fourth-order valence-electron chi connectivity index (χ4n) is 2.49. The van der Waals surface area contributed by atoms with Gasteiger partial charge >= 0.3 is 0 Å². The highest BCUT2D eigenvalue weighted by Gasteiger charge is 2.23. The first kappa shape index (κ1) is 15.0. The zero-order valence-corrected chi connectivity index (χ0v) is 13.1. The SMILES string of the molecule is CCc1cnccc1C(NC)c1c(Cl)cnn1C(C)C. The van der Waals surface area contributed by atoms with Gasteiger partial charge in [-0.05, 0) is 44.5 Å². The smallest absolute Gasteiger partial charge is 0.0837 e.